The minimum Gasteiger partial charge on any atom is -0.469 e. The number of aromatic nitrogens is 4. The fourth-order valence-electron chi connectivity index (χ4n) is 2.93. The summed E-state index contributed by atoms with van der Waals surface area (Å²) in [5.41, 5.74) is 2.48. The highest BCUT2D eigenvalue weighted by Gasteiger charge is 2.21. The number of nitrogens with zero attached hydrogens (tertiary/aromatic N) is 4. The highest BCUT2D eigenvalue weighted by atomic mass is 32.2. The predicted molar refractivity (Wildman–Crippen MR) is 109 cm³/mol. The van der Waals surface area contributed by atoms with Gasteiger partial charge in [0.1, 0.15) is 5.76 Å². The van der Waals surface area contributed by atoms with Gasteiger partial charge in [-0.2, -0.15) is 0 Å². The van der Waals surface area contributed by atoms with Gasteiger partial charge in [0.15, 0.2) is 11.0 Å². The van der Waals surface area contributed by atoms with Crippen LogP contribution in [0.3, 0.4) is 0 Å². The number of hydrogen-bond acceptors (Lipinski definition) is 6. The number of rotatable bonds is 5. The summed E-state index contributed by atoms with van der Waals surface area (Å²) >= 11 is 1.36. The Hall–Kier alpha value is -3.13. The SMILES string of the molecule is Cc1occc1-c1nnc(SC(C)C(=O)Nc2cccc3ncccc23)n1C. The van der Waals surface area contributed by atoms with Crippen molar-refractivity contribution in [1.29, 1.82) is 0 Å². The molecule has 0 fully saturated rings. The maximum Gasteiger partial charge on any atom is 0.237 e. The average Bonchev–Trinajstić information content (AvgIpc) is 3.27. The van der Waals surface area contributed by atoms with Gasteiger partial charge in [0.2, 0.25) is 5.91 Å². The number of fused-ring (bicyclic) bond motifs is 1. The van der Waals surface area contributed by atoms with Gasteiger partial charge in [0, 0.05) is 18.6 Å². The third kappa shape index (κ3) is 3.38. The second-order valence-electron chi connectivity index (χ2n) is 6.38. The van der Waals surface area contributed by atoms with E-state index in [4.69, 9.17) is 4.42 Å². The van der Waals surface area contributed by atoms with Gasteiger partial charge < -0.3 is 14.3 Å². The van der Waals surface area contributed by atoms with Crippen molar-refractivity contribution in [3.63, 3.8) is 0 Å². The van der Waals surface area contributed by atoms with Gasteiger partial charge >= 0.3 is 0 Å². The molecule has 1 atom stereocenters. The highest BCUT2D eigenvalue weighted by molar-refractivity contribution is 8.00. The number of furan rings is 1. The molecule has 0 radical (unpaired) electrons. The number of nitrogens with one attached hydrogen (secondary N) is 1. The molecular formula is C20H19N5O2S. The first kappa shape index (κ1) is 18.2. The zero-order valence-corrected chi connectivity index (χ0v) is 16.5. The standard InChI is InChI=1S/C20H19N5O2S/c1-12-14(9-11-27-12)18-23-24-20(25(18)3)28-13(2)19(26)22-17-8-4-7-16-15(17)6-5-10-21-16/h4-11,13H,1-3H3,(H,22,26). The molecule has 1 N–H and O–H groups in total. The Kier molecular flexibility index (Phi) is 4.87. The van der Waals surface area contributed by atoms with E-state index in [1.165, 1.54) is 11.8 Å². The van der Waals surface area contributed by atoms with Gasteiger partial charge in [-0.15, -0.1) is 10.2 Å². The Morgan fingerprint density at radius 3 is 2.86 bits per heavy atom. The lowest BCUT2D eigenvalue weighted by Gasteiger charge is -2.13. The van der Waals surface area contributed by atoms with Crippen LogP contribution in [0.5, 0.6) is 0 Å². The molecule has 28 heavy (non-hydrogen) atoms. The molecule has 0 saturated heterocycles. The predicted octanol–water partition coefficient (Wildman–Crippen LogP) is 4.05. The number of thioether (sulfide) groups is 1. The van der Waals surface area contributed by atoms with Crippen molar-refractivity contribution in [3.05, 3.63) is 54.6 Å². The zero-order chi connectivity index (χ0) is 19.7. The molecule has 8 heteroatoms. The van der Waals surface area contributed by atoms with Gasteiger partial charge in [0.05, 0.1) is 28.3 Å². The van der Waals surface area contributed by atoms with E-state index in [1.54, 1.807) is 12.5 Å². The Labute approximate surface area is 166 Å². The average molecular weight is 393 g/mol. The first-order valence-electron chi connectivity index (χ1n) is 8.79. The number of hydrogen-bond donors (Lipinski definition) is 1. The van der Waals surface area contributed by atoms with Crippen molar-refractivity contribution in [2.75, 3.05) is 5.32 Å². The highest BCUT2D eigenvalue weighted by Crippen LogP contribution is 2.29. The van der Waals surface area contributed by atoms with Crippen LogP contribution < -0.4 is 5.32 Å². The Morgan fingerprint density at radius 1 is 1.21 bits per heavy atom. The van der Waals surface area contributed by atoms with Crippen LogP contribution in [0.4, 0.5) is 5.69 Å². The number of pyridine rings is 1. The smallest absolute Gasteiger partial charge is 0.237 e. The normalized spacial score (nSPS) is 12.2. The van der Waals surface area contributed by atoms with Gasteiger partial charge in [-0.1, -0.05) is 17.8 Å². The van der Waals surface area contributed by atoms with Crippen molar-refractivity contribution in [2.45, 2.75) is 24.3 Å². The van der Waals surface area contributed by atoms with Gasteiger partial charge in [-0.05, 0) is 44.2 Å². The lowest BCUT2D eigenvalue weighted by molar-refractivity contribution is -0.115. The summed E-state index contributed by atoms with van der Waals surface area (Å²) in [7, 11) is 1.88. The molecule has 0 aliphatic carbocycles. The third-order valence-electron chi connectivity index (χ3n) is 4.49. The van der Waals surface area contributed by atoms with E-state index in [-0.39, 0.29) is 11.2 Å². The summed E-state index contributed by atoms with van der Waals surface area (Å²) in [6, 6.07) is 11.3. The molecule has 7 nitrogen and oxygen atoms in total. The molecule has 0 aliphatic heterocycles. The van der Waals surface area contributed by atoms with Gasteiger partial charge in [0.25, 0.3) is 0 Å². The molecule has 3 aromatic heterocycles. The molecule has 142 valence electrons. The second-order valence-corrected chi connectivity index (χ2v) is 7.69. The Balaban J connectivity index is 1.51. The van der Waals surface area contributed by atoms with E-state index in [9.17, 15) is 4.79 Å². The number of aryl methyl sites for hydroxylation is 1. The largest absolute Gasteiger partial charge is 0.469 e. The van der Waals surface area contributed by atoms with Crippen molar-refractivity contribution < 1.29 is 9.21 Å². The van der Waals surface area contributed by atoms with E-state index in [0.29, 0.717) is 11.0 Å². The third-order valence-corrected chi connectivity index (χ3v) is 5.62. The summed E-state index contributed by atoms with van der Waals surface area (Å²) in [6.07, 6.45) is 3.36. The molecular weight excluding hydrogens is 374 g/mol. The summed E-state index contributed by atoms with van der Waals surface area (Å²) in [5.74, 6) is 1.38. The van der Waals surface area contributed by atoms with Crippen molar-refractivity contribution in [2.24, 2.45) is 7.05 Å². The molecule has 1 unspecified atom stereocenters. The molecule has 4 aromatic rings. The van der Waals surface area contributed by atoms with Gasteiger partial charge in [-0.3, -0.25) is 9.78 Å². The lowest BCUT2D eigenvalue weighted by Crippen LogP contribution is -2.23. The molecule has 1 aromatic carbocycles. The second kappa shape index (κ2) is 7.47. The van der Waals surface area contributed by atoms with E-state index in [1.807, 2.05) is 61.9 Å². The number of amides is 1. The van der Waals surface area contributed by atoms with E-state index < -0.39 is 0 Å². The maximum atomic E-state index is 12.7. The molecule has 1 amide bonds. The fraction of sp³-hybridized carbons (Fsp3) is 0.200. The number of benzene rings is 1. The van der Waals surface area contributed by atoms with Crippen LogP contribution in [0.15, 0.2) is 58.4 Å². The Bertz CT molecular complexity index is 1150. The molecule has 0 spiro atoms. The summed E-state index contributed by atoms with van der Waals surface area (Å²) in [6.45, 7) is 3.73. The molecule has 0 bridgehead atoms. The van der Waals surface area contributed by atoms with Crippen LogP contribution in [0.1, 0.15) is 12.7 Å². The van der Waals surface area contributed by atoms with Crippen molar-refractivity contribution in [3.8, 4) is 11.4 Å². The zero-order valence-electron chi connectivity index (χ0n) is 15.7. The molecule has 3 heterocycles. The maximum absolute atomic E-state index is 12.7. The quantitative estimate of drug-likeness (QED) is 0.515. The molecule has 4 rings (SSSR count). The number of carbonyl (C=O) groups is 1. The first-order valence-corrected chi connectivity index (χ1v) is 9.67. The fourth-order valence-corrected chi connectivity index (χ4v) is 3.74. The molecule has 0 saturated carbocycles. The monoisotopic (exact) mass is 393 g/mol. The summed E-state index contributed by atoms with van der Waals surface area (Å²) in [4.78, 5) is 17.1. The lowest BCUT2D eigenvalue weighted by atomic mass is 10.2. The van der Waals surface area contributed by atoms with Crippen LogP contribution in [-0.2, 0) is 11.8 Å². The minimum atomic E-state index is -0.354. The van der Waals surface area contributed by atoms with Crippen molar-refractivity contribution in [1.82, 2.24) is 19.7 Å². The summed E-state index contributed by atoms with van der Waals surface area (Å²) < 4.78 is 7.22. The van der Waals surface area contributed by atoms with Crippen LogP contribution >= 0.6 is 11.8 Å². The van der Waals surface area contributed by atoms with Gasteiger partial charge in [-0.25, -0.2) is 0 Å². The van der Waals surface area contributed by atoms with Crippen LogP contribution in [0, 0.1) is 6.92 Å². The topological polar surface area (TPSA) is 85.8 Å². The molecule has 0 aliphatic rings. The van der Waals surface area contributed by atoms with E-state index >= 15 is 0 Å². The van der Waals surface area contributed by atoms with Crippen LogP contribution in [-0.4, -0.2) is 30.9 Å². The minimum absolute atomic E-state index is 0.106. The van der Waals surface area contributed by atoms with Crippen molar-refractivity contribution >= 4 is 34.3 Å². The van der Waals surface area contributed by atoms with E-state index in [0.717, 1.165) is 27.9 Å². The first-order chi connectivity index (χ1) is 13.5. The Morgan fingerprint density at radius 2 is 2.07 bits per heavy atom. The summed E-state index contributed by atoms with van der Waals surface area (Å²) in [5, 5.41) is 12.7. The van der Waals surface area contributed by atoms with Crippen LogP contribution in [0.2, 0.25) is 0 Å². The number of anilines is 1. The number of carbonyl (C=O) groups excluding carboxylic acids is 1. The van der Waals surface area contributed by atoms with E-state index in [2.05, 4.69) is 20.5 Å². The van der Waals surface area contributed by atoms with Crippen LogP contribution in [0.25, 0.3) is 22.3 Å².